The zero-order valence-corrected chi connectivity index (χ0v) is 6.11. The fourth-order valence-corrected chi connectivity index (χ4v) is 0.638. The van der Waals surface area contributed by atoms with E-state index in [0.29, 0.717) is 0 Å². The summed E-state index contributed by atoms with van der Waals surface area (Å²) in [5.41, 5.74) is -2.16. The van der Waals surface area contributed by atoms with Gasteiger partial charge in [0.05, 0.1) is 0 Å². The molecule has 0 rings (SSSR count). The Morgan fingerprint density at radius 2 is 2.11 bits per heavy atom. The summed E-state index contributed by atoms with van der Waals surface area (Å²) in [6.45, 7) is 1.59. The van der Waals surface area contributed by atoms with E-state index in [0.717, 1.165) is 6.26 Å². The first-order valence-corrected chi connectivity index (χ1v) is 4.38. The molecule has 0 aliphatic rings. The van der Waals surface area contributed by atoms with Gasteiger partial charge in [0, 0.05) is 12.9 Å². The van der Waals surface area contributed by atoms with Gasteiger partial charge < -0.3 is 4.74 Å². The second-order valence-corrected chi connectivity index (χ2v) is 3.59. The zero-order chi connectivity index (χ0) is 7.49. The normalized spacial score (nSPS) is 15.4. The molecule has 0 bridgehead atoms. The molecule has 1 unspecified atom stereocenters. The number of ether oxygens (including phenoxy) is 1. The molecule has 0 saturated carbocycles. The SMILES string of the molecule is CCOC(F)S(C)(=O)=O. The van der Waals surface area contributed by atoms with Crippen LogP contribution in [0, 0.1) is 0 Å². The van der Waals surface area contributed by atoms with Crippen LogP contribution in [0.15, 0.2) is 0 Å². The van der Waals surface area contributed by atoms with Crippen molar-refractivity contribution in [2.24, 2.45) is 0 Å². The second-order valence-electron chi connectivity index (χ2n) is 1.56. The lowest BCUT2D eigenvalue weighted by Gasteiger charge is -2.03. The van der Waals surface area contributed by atoms with Crippen molar-refractivity contribution < 1.29 is 17.5 Å². The lowest BCUT2D eigenvalue weighted by molar-refractivity contribution is 0.0293. The summed E-state index contributed by atoms with van der Waals surface area (Å²) in [6, 6.07) is 0. The van der Waals surface area contributed by atoms with E-state index in [1.165, 1.54) is 6.92 Å². The van der Waals surface area contributed by atoms with E-state index in [2.05, 4.69) is 4.74 Å². The molecule has 0 aliphatic carbocycles. The summed E-state index contributed by atoms with van der Waals surface area (Å²) in [4.78, 5) is 0. The molecule has 3 nitrogen and oxygen atoms in total. The average molecular weight is 156 g/mol. The largest absolute Gasteiger partial charge is 0.337 e. The Balaban J connectivity index is 3.90. The molecule has 9 heavy (non-hydrogen) atoms. The van der Waals surface area contributed by atoms with Crippen LogP contribution in [-0.4, -0.2) is 27.0 Å². The van der Waals surface area contributed by atoms with Crippen LogP contribution in [0.4, 0.5) is 4.39 Å². The zero-order valence-electron chi connectivity index (χ0n) is 5.30. The van der Waals surface area contributed by atoms with Crippen LogP contribution in [0.1, 0.15) is 6.92 Å². The van der Waals surface area contributed by atoms with E-state index in [9.17, 15) is 12.8 Å². The van der Waals surface area contributed by atoms with Gasteiger partial charge in [-0.25, -0.2) is 8.42 Å². The Bertz CT molecular complexity index is 163. The molecule has 0 N–H and O–H groups in total. The highest BCUT2D eigenvalue weighted by Crippen LogP contribution is 2.00. The third kappa shape index (κ3) is 3.42. The van der Waals surface area contributed by atoms with Crippen LogP contribution < -0.4 is 0 Å². The lowest BCUT2D eigenvalue weighted by atomic mass is 10.9. The molecule has 0 heterocycles. The molecule has 0 radical (unpaired) electrons. The lowest BCUT2D eigenvalue weighted by Crippen LogP contribution is -2.17. The van der Waals surface area contributed by atoms with Crippen molar-refractivity contribution in [3.63, 3.8) is 0 Å². The average Bonchev–Trinajstić information content (AvgIpc) is 1.64. The molecule has 56 valence electrons. The topological polar surface area (TPSA) is 43.4 Å². The van der Waals surface area contributed by atoms with Gasteiger partial charge in [-0.15, -0.1) is 0 Å². The van der Waals surface area contributed by atoms with Crippen molar-refractivity contribution >= 4 is 9.84 Å². The molecule has 5 heteroatoms. The second kappa shape index (κ2) is 3.12. The van der Waals surface area contributed by atoms with Crippen molar-refractivity contribution in [3.05, 3.63) is 0 Å². The van der Waals surface area contributed by atoms with Gasteiger partial charge in [-0.1, -0.05) is 0 Å². The van der Waals surface area contributed by atoms with E-state index < -0.39 is 15.5 Å². The first-order valence-electron chi connectivity index (χ1n) is 2.43. The first-order chi connectivity index (χ1) is 3.98. The number of hydrogen-bond donors (Lipinski definition) is 0. The van der Waals surface area contributed by atoms with Crippen LogP contribution >= 0.6 is 0 Å². The molecule has 0 fully saturated rings. The number of rotatable bonds is 3. The minimum absolute atomic E-state index is 0.0637. The quantitative estimate of drug-likeness (QED) is 0.591. The molecule has 0 aromatic heterocycles. The molecular weight excluding hydrogens is 147 g/mol. The number of halogens is 1. The van der Waals surface area contributed by atoms with E-state index in [1.54, 1.807) is 0 Å². The Hall–Kier alpha value is -0.160. The molecule has 1 atom stereocenters. The highest BCUT2D eigenvalue weighted by molar-refractivity contribution is 7.90. The van der Waals surface area contributed by atoms with Crippen LogP contribution in [0.25, 0.3) is 0 Å². The van der Waals surface area contributed by atoms with E-state index in [1.807, 2.05) is 0 Å². The third-order valence-corrected chi connectivity index (χ3v) is 1.44. The number of hydrogen-bond acceptors (Lipinski definition) is 3. The Labute approximate surface area is 53.7 Å². The molecule has 0 saturated heterocycles. The maximum absolute atomic E-state index is 12.1. The van der Waals surface area contributed by atoms with Crippen molar-refractivity contribution in [1.82, 2.24) is 0 Å². The molecule has 0 spiro atoms. The highest BCUT2D eigenvalue weighted by Gasteiger charge is 2.18. The molecule has 0 aromatic rings. The van der Waals surface area contributed by atoms with Crippen molar-refractivity contribution in [3.8, 4) is 0 Å². The van der Waals surface area contributed by atoms with E-state index in [4.69, 9.17) is 0 Å². The van der Waals surface area contributed by atoms with Gasteiger partial charge >= 0.3 is 5.69 Å². The minimum Gasteiger partial charge on any atom is -0.337 e. The smallest absolute Gasteiger partial charge is 0.301 e. The van der Waals surface area contributed by atoms with Gasteiger partial charge in [0.1, 0.15) is 0 Å². The van der Waals surface area contributed by atoms with Gasteiger partial charge in [-0.2, -0.15) is 4.39 Å². The van der Waals surface area contributed by atoms with Crippen molar-refractivity contribution in [1.29, 1.82) is 0 Å². The van der Waals surface area contributed by atoms with Crippen LogP contribution in [0.3, 0.4) is 0 Å². The van der Waals surface area contributed by atoms with Crippen LogP contribution in [-0.2, 0) is 14.6 Å². The Morgan fingerprint density at radius 3 is 2.22 bits per heavy atom. The summed E-state index contributed by atoms with van der Waals surface area (Å²) in [5.74, 6) is 0. The first kappa shape index (κ1) is 8.84. The molecule has 0 amide bonds. The highest BCUT2D eigenvalue weighted by atomic mass is 32.2. The fourth-order valence-electron chi connectivity index (χ4n) is 0.255. The Kier molecular flexibility index (Phi) is 3.07. The standard InChI is InChI=1S/C4H9FO3S/c1-3-8-4(5)9(2,6)7/h4H,3H2,1-2H3. The van der Waals surface area contributed by atoms with Gasteiger partial charge in [-0.05, 0) is 6.92 Å². The predicted molar refractivity (Wildman–Crippen MR) is 31.4 cm³/mol. The summed E-state index contributed by atoms with van der Waals surface area (Å²) in [5, 5.41) is 0. The molecule has 0 aliphatic heterocycles. The monoisotopic (exact) mass is 156 g/mol. The Morgan fingerprint density at radius 1 is 1.67 bits per heavy atom. The van der Waals surface area contributed by atoms with Gasteiger partial charge in [0.15, 0.2) is 0 Å². The van der Waals surface area contributed by atoms with Gasteiger partial charge in [0.25, 0.3) is 0 Å². The summed E-state index contributed by atoms with van der Waals surface area (Å²) in [6.07, 6.45) is 0.785. The van der Waals surface area contributed by atoms with Crippen molar-refractivity contribution in [2.45, 2.75) is 12.6 Å². The van der Waals surface area contributed by atoms with E-state index >= 15 is 0 Å². The predicted octanol–water partition coefficient (Wildman–Crippen LogP) is 0.321. The van der Waals surface area contributed by atoms with Crippen LogP contribution in [0.5, 0.6) is 0 Å². The molecular formula is C4H9FO3S. The van der Waals surface area contributed by atoms with Crippen molar-refractivity contribution in [2.75, 3.05) is 12.9 Å². The minimum atomic E-state index is -3.65. The maximum Gasteiger partial charge on any atom is 0.301 e. The fraction of sp³-hybridized carbons (Fsp3) is 1.00. The van der Waals surface area contributed by atoms with Gasteiger partial charge in [0.2, 0.25) is 9.84 Å². The molecule has 0 aromatic carbocycles. The van der Waals surface area contributed by atoms with E-state index in [-0.39, 0.29) is 6.61 Å². The summed E-state index contributed by atoms with van der Waals surface area (Å²) < 4.78 is 36.7. The number of sulfone groups is 1. The number of alkyl halides is 1. The summed E-state index contributed by atoms with van der Waals surface area (Å²) in [7, 11) is -3.65. The maximum atomic E-state index is 12.1. The summed E-state index contributed by atoms with van der Waals surface area (Å²) >= 11 is 0. The van der Waals surface area contributed by atoms with Gasteiger partial charge in [-0.3, -0.25) is 0 Å². The third-order valence-electron chi connectivity index (χ3n) is 0.634. The van der Waals surface area contributed by atoms with Crippen LogP contribution in [0.2, 0.25) is 0 Å².